The summed E-state index contributed by atoms with van der Waals surface area (Å²) < 4.78 is 31.4. The molecule has 1 aromatic rings. The molecule has 1 rings (SSSR count). The third kappa shape index (κ3) is 6.45. The molecule has 0 aliphatic heterocycles. The van der Waals surface area contributed by atoms with Gasteiger partial charge in [-0.25, -0.2) is 8.42 Å². The van der Waals surface area contributed by atoms with Crippen LogP contribution in [-0.4, -0.2) is 32.0 Å². The van der Waals surface area contributed by atoms with Crippen LogP contribution in [0.3, 0.4) is 0 Å². The number of ether oxygens (including phenoxy) is 1. The first-order valence-electron chi connectivity index (χ1n) is 6.31. The molecule has 0 saturated carbocycles. The summed E-state index contributed by atoms with van der Waals surface area (Å²) in [4.78, 5) is 0. The van der Waals surface area contributed by atoms with Crippen LogP contribution < -0.4 is 9.46 Å². The molecule has 0 aliphatic rings. The van der Waals surface area contributed by atoms with Gasteiger partial charge in [-0.3, -0.25) is 4.72 Å². The second kappa shape index (κ2) is 7.35. The molecule has 108 valence electrons. The Kier molecular flexibility index (Phi) is 6.11. The Morgan fingerprint density at radius 2 is 1.84 bits per heavy atom. The largest absolute Gasteiger partial charge is 0.491 e. The van der Waals surface area contributed by atoms with Crippen molar-refractivity contribution in [3.8, 4) is 5.75 Å². The molecule has 6 heteroatoms. The molecule has 0 fully saturated rings. The van der Waals surface area contributed by atoms with Crippen molar-refractivity contribution in [2.24, 2.45) is 0 Å². The van der Waals surface area contributed by atoms with Gasteiger partial charge < -0.3 is 9.84 Å². The van der Waals surface area contributed by atoms with Crippen molar-refractivity contribution in [1.82, 2.24) is 0 Å². The minimum absolute atomic E-state index is 0.0107. The van der Waals surface area contributed by atoms with E-state index in [-0.39, 0.29) is 18.5 Å². The smallest absolute Gasteiger partial charge is 0.232 e. The molecule has 19 heavy (non-hydrogen) atoms. The maximum absolute atomic E-state index is 11.7. The fourth-order valence-electron chi connectivity index (χ4n) is 1.51. The van der Waals surface area contributed by atoms with Crippen LogP contribution in [-0.2, 0) is 10.0 Å². The Morgan fingerprint density at radius 1 is 1.21 bits per heavy atom. The van der Waals surface area contributed by atoms with Crippen molar-refractivity contribution in [2.45, 2.75) is 32.8 Å². The third-order valence-electron chi connectivity index (χ3n) is 2.32. The zero-order valence-electron chi connectivity index (χ0n) is 11.3. The van der Waals surface area contributed by atoms with E-state index in [2.05, 4.69) is 4.72 Å². The average molecular weight is 287 g/mol. The molecular weight excluding hydrogens is 266 g/mol. The van der Waals surface area contributed by atoms with E-state index >= 15 is 0 Å². The number of anilines is 1. The Balaban J connectivity index is 2.57. The van der Waals surface area contributed by atoms with Crippen LogP contribution in [0.15, 0.2) is 24.3 Å². The number of rotatable bonds is 8. The lowest BCUT2D eigenvalue weighted by Crippen LogP contribution is -2.17. The number of sulfonamides is 1. The van der Waals surface area contributed by atoms with Gasteiger partial charge in [0, 0.05) is 12.3 Å². The summed E-state index contributed by atoms with van der Waals surface area (Å²) in [5.74, 6) is 0.718. The summed E-state index contributed by atoms with van der Waals surface area (Å²) in [6.45, 7) is 3.87. The first-order chi connectivity index (χ1) is 8.93. The molecule has 0 radical (unpaired) electrons. The van der Waals surface area contributed by atoms with Gasteiger partial charge >= 0.3 is 0 Å². The normalized spacial score (nSPS) is 11.6. The van der Waals surface area contributed by atoms with Crippen LogP contribution >= 0.6 is 0 Å². The molecule has 0 saturated heterocycles. The van der Waals surface area contributed by atoms with Crippen LogP contribution in [0.1, 0.15) is 26.7 Å². The van der Waals surface area contributed by atoms with E-state index in [0.29, 0.717) is 24.3 Å². The number of unbranched alkanes of at least 4 members (excludes halogenated alkanes) is 1. The highest BCUT2D eigenvalue weighted by Crippen LogP contribution is 2.18. The summed E-state index contributed by atoms with van der Waals surface area (Å²) in [5.41, 5.74) is 0.514. The molecule has 0 heterocycles. The zero-order chi connectivity index (χ0) is 14.3. The van der Waals surface area contributed by atoms with E-state index in [4.69, 9.17) is 9.84 Å². The highest BCUT2D eigenvalue weighted by molar-refractivity contribution is 7.92. The first-order valence-corrected chi connectivity index (χ1v) is 7.96. The molecule has 1 aromatic carbocycles. The van der Waals surface area contributed by atoms with Crippen molar-refractivity contribution < 1.29 is 18.3 Å². The van der Waals surface area contributed by atoms with Gasteiger partial charge in [0.1, 0.15) is 5.75 Å². The average Bonchev–Trinajstić information content (AvgIpc) is 2.31. The lowest BCUT2D eigenvalue weighted by atomic mass is 10.3. The van der Waals surface area contributed by atoms with Gasteiger partial charge in [0.15, 0.2) is 0 Å². The Labute approximate surface area is 114 Å². The van der Waals surface area contributed by atoms with Crippen molar-refractivity contribution >= 4 is 15.7 Å². The van der Waals surface area contributed by atoms with Crippen molar-refractivity contribution in [2.75, 3.05) is 17.1 Å². The minimum atomic E-state index is -3.34. The van der Waals surface area contributed by atoms with Crippen LogP contribution in [0.5, 0.6) is 5.75 Å². The van der Waals surface area contributed by atoms with Crippen molar-refractivity contribution in [3.63, 3.8) is 0 Å². The number of aliphatic hydroxyl groups is 1. The quantitative estimate of drug-likeness (QED) is 0.717. The summed E-state index contributed by atoms with van der Waals surface area (Å²) in [6.07, 6.45) is 1.02. The Bertz CT molecular complexity index is 468. The van der Waals surface area contributed by atoms with Crippen LogP contribution in [0, 0.1) is 0 Å². The molecular formula is C13H21NO4S. The van der Waals surface area contributed by atoms with Crippen LogP contribution in [0.2, 0.25) is 0 Å². The lowest BCUT2D eigenvalue weighted by Gasteiger charge is -2.11. The highest BCUT2D eigenvalue weighted by atomic mass is 32.2. The number of aliphatic hydroxyl groups excluding tert-OH is 1. The number of hydrogen-bond donors (Lipinski definition) is 2. The molecule has 2 N–H and O–H groups in total. The maximum atomic E-state index is 11.7. The zero-order valence-corrected chi connectivity index (χ0v) is 12.1. The summed E-state index contributed by atoms with van der Waals surface area (Å²) >= 11 is 0. The summed E-state index contributed by atoms with van der Waals surface area (Å²) in [6, 6.07) is 6.79. The Morgan fingerprint density at radius 3 is 2.37 bits per heavy atom. The van der Waals surface area contributed by atoms with E-state index in [0.717, 1.165) is 0 Å². The molecule has 0 amide bonds. The predicted octanol–water partition coefficient (Wildman–Crippen LogP) is 1.99. The summed E-state index contributed by atoms with van der Waals surface area (Å²) in [7, 11) is -3.34. The standard InChI is InChI=1S/C13H21NO4S/c1-11(2)18-13-7-5-12(6-8-13)14-19(16,17)10-4-3-9-15/h5-8,11,14-15H,3-4,9-10H2,1-2H3. The SMILES string of the molecule is CC(C)Oc1ccc(NS(=O)(=O)CCCCO)cc1. The Hall–Kier alpha value is -1.27. The van der Waals surface area contributed by atoms with Gasteiger partial charge in [-0.1, -0.05) is 0 Å². The summed E-state index contributed by atoms with van der Waals surface area (Å²) in [5, 5.41) is 8.63. The second-order valence-electron chi connectivity index (χ2n) is 4.54. The van der Waals surface area contributed by atoms with E-state index in [1.807, 2.05) is 13.8 Å². The number of nitrogens with one attached hydrogen (secondary N) is 1. The van der Waals surface area contributed by atoms with E-state index in [1.165, 1.54) is 0 Å². The van der Waals surface area contributed by atoms with Crippen molar-refractivity contribution in [1.29, 1.82) is 0 Å². The fourth-order valence-corrected chi connectivity index (χ4v) is 2.69. The van der Waals surface area contributed by atoms with Gasteiger partial charge in [0.25, 0.3) is 0 Å². The molecule has 5 nitrogen and oxygen atoms in total. The van der Waals surface area contributed by atoms with E-state index in [1.54, 1.807) is 24.3 Å². The molecule has 0 aromatic heterocycles. The molecule has 0 bridgehead atoms. The van der Waals surface area contributed by atoms with E-state index in [9.17, 15) is 8.42 Å². The maximum Gasteiger partial charge on any atom is 0.232 e. The number of benzene rings is 1. The topological polar surface area (TPSA) is 75.6 Å². The van der Waals surface area contributed by atoms with Crippen LogP contribution in [0.25, 0.3) is 0 Å². The lowest BCUT2D eigenvalue weighted by molar-refractivity contribution is 0.242. The van der Waals surface area contributed by atoms with E-state index < -0.39 is 10.0 Å². The van der Waals surface area contributed by atoms with Gasteiger partial charge in [-0.2, -0.15) is 0 Å². The molecule has 0 atom stereocenters. The predicted molar refractivity (Wildman–Crippen MR) is 75.9 cm³/mol. The number of hydrogen-bond acceptors (Lipinski definition) is 4. The highest BCUT2D eigenvalue weighted by Gasteiger charge is 2.09. The monoisotopic (exact) mass is 287 g/mol. The van der Waals surface area contributed by atoms with Gasteiger partial charge in [-0.15, -0.1) is 0 Å². The first kappa shape index (κ1) is 15.8. The molecule has 0 unspecified atom stereocenters. The molecule has 0 spiro atoms. The van der Waals surface area contributed by atoms with Crippen molar-refractivity contribution in [3.05, 3.63) is 24.3 Å². The van der Waals surface area contributed by atoms with Crippen LogP contribution in [0.4, 0.5) is 5.69 Å². The second-order valence-corrected chi connectivity index (χ2v) is 6.38. The third-order valence-corrected chi connectivity index (χ3v) is 3.69. The van der Waals surface area contributed by atoms with Gasteiger partial charge in [-0.05, 0) is 51.0 Å². The van der Waals surface area contributed by atoms with Gasteiger partial charge in [0.2, 0.25) is 10.0 Å². The fraction of sp³-hybridized carbons (Fsp3) is 0.538. The van der Waals surface area contributed by atoms with Gasteiger partial charge in [0.05, 0.1) is 11.9 Å². The molecule has 0 aliphatic carbocycles. The minimum Gasteiger partial charge on any atom is -0.491 e.